The van der Waals surface area contributed by atoms with Gasteiger partial charge in [-0.05, 0) is 44.9 Å². The van der Waals surface area contributed by atoms with Crippen molar-refractivity contribution in [2.75, 3.05) is 41.0 Å². The van der Waals surface area contributed by atoms with Crippen LogP contribution in [0, 0.1) is 0 Å². The van der Waals surface area contributed by atoms with Crippen molar-refractivity contribution >= 4 is 17.9 Å². The van der Waals surface area contributed by atoms with Crippen molar-refractivity contribution < 1.29 is 38.2 Å². The first-order chi connectivity index (χ1) is 30.1. The first kappa shape index (κ1) is 59.5. The summed E-state index contributed by atoms with van der Waals surface area (Å²) in [6.45, 7) is 4.57. The zero-order chi connectivity index (χ0) is 45.6. The molecular formula is C54H99NO7. The second-order valence-corrected chi connectivity index (χ2v) is 18.7. The first-order valence-electron chi connectivity index (χ1n) is 26.0. The van der Waals surface area contributed by atoms with E-state index in [1.807, 2.05) is 0 Å². The van der Waals surface area contributed by atoms with Crippen molar-refractivity contribution in [1.82, 2.24) is 0 Å². The number of aliphatic carboxylic acids is 1. The maximum Gasteiger partial charge on any atom is 0.306 e. The number of carbonyl (C=O) groups is 3. The van der Waals surface area contributed by atoms with Gasteiger partial charge in [-0.3, -0.25) is 9.59 Å². The van der Waals surface area contributed by atoms with E-state index in [0.29, 0.717) is 12.8 Å². The van der Waals surface area contributed by atoms with Gasteiger partial charge in [-0.25, -0.2) is 0 Å². The molecule has 8 nitrogen and oxygen atoms in total. The van der Waals surface area contributed by atoms with E-state index in [2.05, 4.69) is 50.3 Å². The fourth-order valence-corrected chi connectivity index (χ4v) is 7.79. The summed E-state index contributed by atoms with van der Waals surface area (Å²) in [5.74, 6) is -1.74. The zero-order valence-corrected chi connectivity index (χ0v) is 41.3. The number of allylic oxidation sites excluding steroid dienone is 6. The Morgan fingerprint density at radius 3 is 1.34 bits per heavy atom. The Morgan fingerprint density at radius 1 is 0.500 bits per heavy atom. The lowest BCUT2D eigenvalue weighted by atomic mass is 10.0. The van der Waals surface area contributed by atoms with Crippen molar-refractivity contribution in [3.05, 3.63) is 36.5 Å². The highest BCUT2D eigenvalue weighted by Gasteiger charge is 2.25. The van der Waals surface area contributed by atoms with Crippen molar-refractivity contribution in [3.63, 3.8) is 0 Å². The molecule has 0 heterocycles. The minimum absolute atomic E-state index is 0.0395. The van der Waals surface area contributed by atoms with Crippen LogP contribution in [0.1, 0.15) is 239 Å². The van der Waals surface area contributed by atoms with Gasteiger partial charge in [0.25, 0.3) is 0 Å². The number of esters is 2. The average Bonchev–Trinajstić information content (AvgIpc) is 3.23. The predicted octanol–water partition coefficient (Wildman–Crippen LogP) is 13.6. The summed E-state index contributed by atoms with van der Waals surface area (Å²) in [7, 11) is 5.42. The van der Waals surface area contributed by atoms with Crippen LogP contribution in [-0.4, -0.2) is 75.5 Å². The van der Waals surface area contributed by atoms with E-state index in [1.54, 1.807) is 21.1 Å². The van der Waals surface area contributed by atoms with Crippen LogP contribution in [0.5, 0.6) is 0 Å². The third kappa shape index (κ3) is 42.8. The van der Waals surface area contributed by atoms with Gasteiger partial charge in [0.1, 0.15) is 12.6 Å². The summed E-state index contributed by atoms with van der Waals surface area (Å²) in [4.78, 5) is 37.0. The third-order valence-electron chi connectivity index (χ3n) is 11.8. The van der Waals surface area contributed by atoms with Gasteiger partial charge < -0.3 is 28.6 Å². The minimum Gasteiger partial charge on any atom is -0.544 e. The Bertz CT molecular complexity index is 1110. The molecule has 62 heavy (non-hydrogen) atoms. The lowest BCUT2D eigenvalue weighted by Crippen LogP contribution is -2.55. The molecule has 0 fully saturated rings. The Hall–Kier alpha value is -2.45. The Labute approximate surface area is 383 Å². The summed E-state index contributed by atoms with van der Waals surface area (Å²) in [6.07, 6.45) is 53.2. The molecule has 0 aromatic carbocycles. The van der Waals surface area contributed by atoms with Gasteiger partial charge in [0, 0.05) is 19.3 Å². The van der Waals surface area contributed by atoms with E-state index in [0.717, 1.165) is 70.6 Å². The predicted molar refractivity (Wildman–Crippen MR) is 259 cm³/mol. The average molecular weight is 874 g/mol. The molecular weight excluding hydrogens is 775 g/mol. The molecule has 0 aliphatic rings. The molecule has 0 radical (unpaired) electrons. The highest BCUT2D eigenvalue weighted by Crippen LogP contribution is 2.17. The normalized spacial score (nSPS) is 13.1. The van der Waals surface area contributed by atoms with Crippen molar-refractivity contribution in [1.29, 1.82) is 0 Å². The standard InChI is InChI=1S/C54H99NO7/c1-6-8-10-12-14-16-18-20-22-24-25-26-27-28-29-31-33-35-37-39-41-43-45-53(57)62-50(48-60-47-46-51(54(58)59)55(3,4)5)49-61-52(56)44-42-40-38-36-34-32-30-23-21-19-17-15-13-11-9-7-2/h9,11,15,17,21,23,50-51H,6-8,10,12-14,16,18-20,22,24-49H2,1-5H3/b11-9+,17-15+,23-21+. The summed E-state index contributed by atoms with van der Waals surface area (Å²) < 4.78 is 17.2. The molecule has 0 aliphatic carbocycles. The molecule has 0 N–H and O–H groups in total. The minimum atomic E-state index is -1.12. The van der Waals surface area contributed by atoms with Crippen LogP contribution in [0.25, 0.3) is 0 Å². The molecule has 0 amide bonds. The second kappa shape index (κ2) is 45.1. The molecule has 0 aromatic rings. The van der Waals surface area contributed by atoms with E-state index in [-0.39, 0.29) is 42.7 Å². The lowest BCUT2D eigenvalue weighted by molar-refractivity contribution is -0.889. The maximum atomic E-state index is 12.8. The van der Waals surface area contributed by atoms with Crippen LogP contribution in [0.4, 0.5) is 0 Å². The number of carbonyl (C=O) groups excluding carboxylic acids is 3. The molecule has 0 saturated carbocycles. The van der Waals surface area contributed by atoms with Crippen LogP contribution in [0.3, 0.4) is 0 Å². The summed E-state index contributed by atoms with van der Waals surface area (Å²) in [6, 6.07) is -0.727. The van der Waals surface area contributed by atoms with Crippen LogP contribution in [-0.2, 0) is 28.6 Å². The number of rotatable bonds is 47. The summed E-state index contributed by atoms with van der Waals surface area (Å²) in [5, 5.41) is 11.7. The van der Waals surface area contributed by atoms with Crippen molar-refractivity contribution in [2.45, 2.75) is 251 Å². The molecule has 0 saturated heterocycles. The molecule has 0 bridgehead atoms. The summed E-state index contributed by atoms with van der Waals surface area (Å²) >= 11 is 0. The van der Waals surface area contributed by atoms with Gasteiger partial charge in [0.2, 0.25) is 0 Å². The van der Waals surface area contributed by atoms with E-state index in [9.17, 15) is 19.5 Å². The van der Waals surface area contributed by atoms with E-state index in [1.165, 1.54) is 135 Å². The number of likely N-dealkylation sites (N-methyl/N-ethyl adjacent to an activating group) is 1. The fourth-order valence-electron chi connectivity index (χ4n) is 7.79. The summed E-state index contributed by atoms with van der Waals surface area (Å²) in [5.41, 5.74) is 0. The Kier molecular flexibility index (Phi) is 43.3. The number of carboxylic acid groups (broad SMARTS) is 1. The molecule has 0 aromatic heterocycles. The SMILES string of the molecule is CC/C=C/C/C=C/C/C=C/CCCCCCCCC(=O)OCC(COCCC(C(=O)[O-])[N+](C)(C)C)OC(=O)CCCCCCCCCCCCCCCCCCCCCCCC. The van der Waals surface area contributed by atoms with E-state index >= 15 is 0 Å². The third-order valence-corrected chi connectivity index (χ3v) is 11.8. The number of ether oxygens (including phenoxy) is 3. The van der Waals surface area contributed by atoms with Gasteiger partial charge in [0.15, 0.2) is 6.10 Å². The quantitative estimate of drug-likeness (QED) is 0.0260. The van der Waals surface area contributed by atoms with Crippen molar-refractivity contribution in [2.24, 2.45) is 0 Å². The molecule has 362 valence electrons. The topological polar surface area (TPSA) is 102 Å². The molecule has 8 heteroatoms. The van der Waals surface area contributed by atoms with Gasteiger partial charge in [-0.1, -0.05) is 211 Å². The Morgan fingerprint density at radius 2 is 0.903 bits per heavy atom. The van der Waals surface area contributed by atoms with E-state index < -0.39 is 18.1 Å². The van der Waals surface area contributed by atoms with Crippen LogP contribution in [0.15, 0.2) is 36.5 Å². The van der Waals surface area contributed by atoms with Gasteiger partial charge in [-0.2, -0.15) is 0 Å². The highest BCUT2D eigenvalue weighted by molar-refractivity contribution is 5.70. The second-order valence-electron chi connectivity index (χ2n) is 18.7. The number of hydrogen-bond donors (Lipinski definition) is 0. The van der Waals surface area contributed by atoms with Gasteiger partial charge >= 0.3 is 11.9 Å². The van der Waals surface area contributed by atoms with Gasteiger partial charge in [0.05, 0.1) is 40.3 Å². The fraction of sp³-hybridized carbons (Fsp3) is 0.833. The first-order valence-corrected chi connectivity index (χ1v) is 26.0. The van der Waals surface area contributed by atoms with Crippen LogP contribution in [0.2, 0.25) is 0 Å². The maximum absolute atomic E-state index is 12.8. The number of unbranched alkanes of at least 4 members (excludes halogenated alkanes) is 27. The number of hydrogen-bond acceptors (Lipinski definition) is 7. The number of carboxylic acids is 1. The monoisotopic (exact) mass is 874 g/mol. The molecule has 2 unspecified atom stereocenters. The van der Waals surface area contributed by atoms with Crippen LogP contribution >= 0.6 is 0 Å². The highest BCUT2D eigenvalue weighted by atomic mass is 16.6. The Balaban J connectivity index is 4.20. The smallest absolute Gasteiger partial charge is 0.306 e. The largest absolute Gasteiger partial charge is 0.544 e. The molecule has 0 rings (SSSR count). The zero-order valence-electron chi connectivity index (χ0n) is 41.3. The molecule has 0 aliphatic heterocycles. The lowest BCUT2D eigenvalue weighted by Gasteiger charge is -2.34. The number of quaternary nitrogens is 1. The van der Waals surface area contributed by atoms with Crippen LogP contribution < -0.4 is 5.11 Å². The van der Waals surface area contributed by atoms with Gasteiger partial charge in [-0.15, -0.1) is 0 Å². The molecule has 0 spiro atoms. The number of nitrogens with zero attached hydrogens (tertiary/aromatic N) is 1. The molecule has 2 atom stereocenters. The van der Waals surface area contributed by atoms with E-state index in [4.69, 9.17) is 14.2 Å². The van der Waals surface area contributed by atoms with Crippen molar-refractivity contribution in [3.8, 4) is 0 Å².